The van der Waals surface area contributed by atoms with Crippen LogP contribution >= 0.6 is 11.3 Å². The number of aromatic nitrogens is 1. The van der Waals surface area contributed by atoms with Gasteiger partial charge in [-0.25, -0.2) is 0 Å². The molecule has 0 aromatic carbocycles. The summed E-state index contributed by atoms with van der Waals surface area (Å²) in [7, 11) is 1.96. The largest absolute Gasteiger partial charge is 0.313 e. The Labute approximate surface area is 99.7 Å². The van der Waals surface area contributed by atoms with Gasteiger partial charge >= 0.3 is 0 Å². The summed E-state index contributed by atoms with van der Waals surface area (Å²) in [4.78, 5) is 4.44. The molecule has 2 rings (SSSR count). The summed E-state index contributed by atoms with van der Waals surface area (Å²) in [5.41, 5.74) is 2.29. The summed E-state index contributed by atoms with van der Waals surface area (Å²) in [6.07, 6.45) is 8.97. The molecule has 1 N–H and O–H groups in total. The second-order valence-electron chi connectivity index (χ2n) is 3.66. The van der Waals surface area contributed by atoms with E-state index in [-0.39, 0.29) is 0 Å². The Hall–Kier alpha value is -1.37. The number of terminal acetylenes is 1. The summed E-state index contributed by atoms with van der Waals surface area (Å²) >= 11 is 1.72. The molecule has 1 unspecified atom stereocenters. The van der Waals surface area contributed by atoms with Crippen molar-refractivity contribution < 1.29 is 0 Å². The van der Waals surface area contributed by atoms with Crippen LogP contribution in [0.4, 0.5) is 0 Å². The van der Waals surface area contributed by atoms with Crippen molar-refractivity contribution in [2.75, 3.05) is 7.05 Å². The number of rotatable bonds is 4. The van der Waals surface area contributed by atoms with Crippen LogP contribution < -0.4 is 5.32 Å². The third kappa shape index (κ3) is 2.24. The summed E-state index contributed by atoms with van der Waals surface area (Å²) in [5, 5.41) is 5.35. The van der Waals surface area contributed by atoms with E-state index in [0.29, 0.717) is 6.04 Å². The lowest BCUT2D eigenvalue weighted by Crippen LogP contribution is -2.16. The third-order valence-corrected chi connectivity index (χ3v) is 3.51. The number of nitrogens with one attached hydrogen (secondary N) is 1. The van der Waals surface area contributed by atoms with E-state index in [9.17, 15) is 0 Å². The molecule has 2 aromatic heterocycles. The normalized spacial score (nSPS) is 12.5. The maximum Gasteiger partial charge on any atom is 0.0809 e. The van der Waals surface area contributed by atoms with Crippen LogP contribution in [-0.2, 0) is 0 Å². The smallest absolute Gasteiger partial charge is 0.0809 e. The molecule has 0 saturated carbocycles. The van der Waals surface area contributed by atoms with E-state index < -0.39 is 0 Å². The first-order chi connectivity index (χ1) is 7.85. The summed E-state index contributed by atoms with van der Waals surface area (Å²) in [6, 6.07) is 4.54. The molecule has 2 nitrogen and oxygen atoms in total. The molecule has 16 heavy (non-hydrogen) atoms. The molecule has 0 fully saturated rings. The average molecular weight is 230 g/mol. The second-order valence-corrected chi connectivity index (χ2v) is 4.60. The van der Waals surface area contributed by atoms with Crippen LogP contribution in [0.25, 0.3) is 10.2 Å². The highest BCUT2D eigenvalue weighted by atomic mass is 32.1. The zero-order valence-electron chi connectivity index (χ0n) is 9.23. The van der Waals surface area contributed by atoms with Crippen molar-refractivity contribution in [2.45, 2.75) is 18.9 Å². The number of pyridine rings is 1. The molecule has 0 amide bonds. The molecule has 0 radical (unpaired) electrons. The van der Waals surface area contributed by atoms with Gasteiger partial charge in [-0.1, -0.05) is 0 Å². The lowest BCUT2D eigenvalue weighted by molar-refractivity contribution is 0.557. The van der Waals surface area contributed by atoms with Crippen LogP contribution in [0.5, 0.6) is 0 Å². The van der Waals surface area contributed by atoms with E-state index in [4.69, 9.17) is 6.42 Å². The first kappa shape index (κ1) is 11.1. The molecule has 0 bridgehead atoms. The SMILES string of the molecule is C#CCCC(NC)c1cnc2ccsc2c1. The Bertz CT molecular complexity index is 510. The highest BCUT2D eigenvalue weighted by Crippen LogP contribution is 2.24. The Morgan fingerprint density at radius 1 is 1.62 bits per heavy atom. The predicted octanol–water partition coefficient (Wildman–Crippen LogP) is 2.97. The molecule has 3 heteroatoms. The van der Waals surface area contributed by atoms with Crippen molar-refractivity contribution in [3.8, 4) is 12.3 Å². The van der Waals surface area contributed by atoms with Crippen molar-refractivity contribution in [1.82, 2.24) is 10.3 Å². The van der Waals surface area contributed by atoms with Gasteiger partial charge in [-0.2, -0.15) is 0 Å². The van der Waals surface area contributed by atoms with Crippen LogP contribution in [0.1, 0.15) is 24.4 Å². The Morgan fingerprint density at radius 2 is 2.50 bits per heavy atom. The number of fused-ring (bicyclic) bond motifs is 1. The van der Waals surface area contributed by atoms with Crippen LogP contribution in [-0.4, -0.2) is 12.0 Å². The fraction of sp³-hybridized carbons (Fsp3) is 0.308. The predicted molar refractivity (Wildman–Crippen MR) is 69.5 cm³/mol. The monoisotopic (exact) mass is 230 g/mol. The van der Waals surface area contributed by atoms with Crippen molar-refractivity contribution in [3.63, 3.8) is 0 Å². The zero-order chi connectivity index (χ0) is 11.4. The molecule has 82 valence electrons. The molecule has 2 heterocycles. The highest BCUT2D eigenvalue weighted by Gasteiger charge is 2.09. The Balaban J connectivity index is 2.26. The van der Waals surface area contributed by atoms with Crippen LogP contribution in [0.15, 0.2) is 23.7 Å². The van der Waals surface area contributed by atoms with Gasteiger partial charge < -0.3 is 5.32 Å². The van der Waals surface area contributed by atoms with E-state index in [1.54, 1.807) is 11.3 Å². The maximum atomic E-state index is 5.29. The number of thiophene rings is 1. The van der Waals surface area contributed by atoms with E-state index in [1.807, 2.05) is 19.3 Å². The van der Waals surface area contributed by atoms with Crippen LogP contribution in [0, 0.1) is 12.3 Å². The quantitative estimate of drug-likeness (QED) is 0.817. The fourth-order valence-corrected chi connectivity index (χ4v) is 2.55. The van der Waals surface area contributed by atoms with Gasteiger partial charge in [0.15, 0.2) is 0 Å². The summed E-state index contributed by atoms with van der Waals surface area (Å²) in [5.74, 6) is 2.68. The fourth-order valence-electron chi connectivity index (χ4n) is 1.76. The van der Waals surface area contributed by atoms with Gasteiger partial charge in [0.1, 0.15) is 0 Å². The van der Waals surface area contributed by atoms with Gasteiger partial charge in [-0.3, -0.25) is 4.98 Å². The first-order valence-electron chi connectivity index (χ1n) is 5.29. The molecular weight excluding hydrogens is 216 g/mol. The molecule has 0 aliphatic heterocycles. The van der Waals surface area contributed by atoms with Gasteiger partial charge in [-0.15, -0.1) is 23.7 Å². The summed E-state index contributed by atoms with van der Waals surface area (Å²) in [6.45, 7) is 0. The lowest BCUT2D eigenvalue weighted by atomic mass is 10.0. The third-order valence-electron chi connectivity index (χ3n) is 2.65. The minimum Gasteiger partial charge on any atom is -0.313 e. The minimum atomic E-state index is 0.301. The molecular formula is C13H14N2S. The molecule has 0 aliphatic rings. The molecule has 0 aliphatic carbocycles. The van der Waals surface area contributed by atoms with Crippen molar-refractivity contribution in [2.24, 2.45) is 0 Å². The maximum absolute atomic E-state index is 5.29. The standard InChI is InChI=1S/C13H14N2S/c1-3-4-5-11(14-2)10-8-13-12(15-9-10)6-7-16-13/h1,6-9,11,14H,4-5H2,2H3. The van der Waals surface area contributed by atoms with Crippen LogP contribution in [0.3, 0.4) is 0 Å². The van der Waals surface area contributed by atoms with Crippen molar-refractivity contribution in [1.29, 1.82) is 0 Å². The van der Waals surface area contributed by atoms with Gasteiger partial charge in [-0.05, 0) is 36.5 Å². The Kier molecular flexibility index (Phi) is 3.55. The van der Waals surface area contributed by atoms with E-state index in [2.05, 4.69) is 27.7 Å². The molecule has 2 aromatic rings. The second kappa shape index (κ2) is 5.11. The lowest BCUT2D eigenvalue weighted by Gasteiger charge is -2.14. The van der Waals surface area contributed by atoms with Crippen molar-refractivity contribution >= 4 is 21.6 Å². The molecule has 0 spiro atoms. The van der Waals surface area contributed by atoms with Gasteiger partial charge in [0.25, 0.3) is 0 Å². The van der Waals surface area contributed by atoms with Gasteiger partial charge in [0, 0.05) is 18.7 Å². The zero-order valence-corrected chi connectivity index (χ0v) is 10.1. The Morgan fingerprint density at radius 3 is 3.25 bits per heavy atom. The number of hydrogen-bond acceptors (Lipinski definition) is 3. The number of nitrogens with zero attached hydrogens (tertiary/aromatic N) is 1. The highest BCUT2D eigenvalue weighted by molar-refractivity contribution is 7.17. The van der Waals surface area contributed by atoms with E-state index in [1.165, 1.54) is 10.3 Å². The first-order valence-corrected chi connectivity index (χ1v) is 6.17. The van der Waals surface area contributed by atoms with Gasteiger partial charge in [0.2, 0.25) is 0 Å². The van der Waals surface area contributed by atoms with E-state index >= 15 is 0 Å². The molecule has 1 atom stereocenters. The average Bonchev–Trinajstić information content (AvgIpc) is 2.77. The summed E-state index contributed by atoms with van der Waals surface area (Å²) < 4.78 is 1.23. The minimum absolute atomic E-state index is 0.301. The number of hydrogen-bond donors (Lipinski definition) is 1. The topological polar surface area (TPSA) is 24.9 Å². The van der Waals surface area contributed by atoms with E-state index in [0.717, 1.165) is 18.4 Å². The van der Waals surface area contributed by atoms with Gasteiger partial charge in [0.05, 0.1) is 10.2 Å². The van der Waals surface area contributed by atoms with Crippen molar-refractivity contribution in [3.05, 3.63) is 29.3 Å². The van der Waals surface area contributed by atoms with Crippen LogP contribution in [0.2, 0.25) is 0 Å². The molecule has 0 saturated heterocycles.